The maximum Gasteiger partial charge on any atom is 0.330 e. The number of carbonyl (C=O) groups is 2. The monoisotopic (exact) mass is 330 g/mol. The van der Waals surface area contributed by atoms with Crippen LogP contribution in [0.4, 0.5) is 0 Å². The van der Waals surface area contributed by atoms with Gasteiger partial charge in [-0.25, -0.2) is 4.79 Å². The first kappa shape index (κ1) is 18.3. The Hall–Kier alpha value is -2.01. The molecule has 5 nitrogen and oxygen atoms in total. The van der Waals surface area contributed by atoms with E-state index in [0.29, 0.717) is 13.0 Å². The van der Waals surface area contributed by atoms with Gasteiger partial charge >= 0.3 is 5.97 Å². The number of likely N-dealkylation sites (tertiary alicyclic amines) is 1. The molecule has 1 aliphatic heterocycles. The topological polar surface area (TPSA) is 59.5 Å². The van der Waals surface area contributed by atoms with Crippen LogP contribution in [0.1, 0.15) is 37.8 Å². The highest BCUT2D eigenvalue weighted by Gasteiger charge is 2.38. The first-order valence-electron chi connectivity index (χ1n) is 8.43. The molecule has 1 saturated heterocycles. The molecule has 1 aromatic heterocycles. The number of piperidine rings is 1. The highest BCUT2D eigenvalue weighted by atomic mass is 16.5. The Morgan fingerprint density at radius 3 is 2.67 bits per heavy atom. The van der Waals surface area contributed by atoms with Gasteiger partial charge in [0.15, 0.2) is 0 Å². The predicted octanol–water partition coefficient (Wildman–Crippen LogP) is 2.50. The second kappa shape index (κ2) is 8.20. The van der Waals surface area contributed by atoms with E-state index in [1.807, 2.05) is 12.3 Å². The Labute approximate surface area is 143 Å². The van der Waals surface area contributed by atoms with Crippen LogP contribution >= 0.6 is 0 Å². The lowest BCUT2D eigenvalue weighted by Crippen LogP contribution is -2.43. The smallest absolute Gasteiger partial charge is 0.330 e. The normalized spacial score (nSPS) is 17.8. The van der Waals surface area contributed by atoms with Crippen LogP contribution in [0, 0.1) is 5.41 Å². The highest BCUT2D eigenvalue weighted by molar-refractivity contribution is 5.87. The third kappa shape index (κ3) is 4.74. The second-order valence-electron chi connectivity index (χ2n) is 6.53. The van der Waals surface area contributed by atoms with Gasteiger partial charge in [-0.1, -0.05) is 0 Å². The summed E-state index contributed by atoms with van der Waals surface area (Å²) in [6, 6.07) is 1.99. The summed E-state index contributed by atoms with van der Waals surface area (Å²) in [6.07, 6.45) is 9.07. The standard InChI is InChI=1S/C19H26N2O3/c1-4-24-18(23)6-5-16-11-17(14-20-13-16)12-19(15(2)22)7-9-21(3)10-8-19/h5-6,11,13-14H,4,7-10,12H2,1-3H3/b6-5+. The highest BCUT2D eigenvalue weighted by Crippen LogP contribution is 2.35. The van der Waals surface area contributed by atoms with E-state index in [9.17, 15) is 9.59 Å². The number of aromatic nitrogens is 1. The molecule has 130 valence electrons. The van der Waals surface area contributed by atoms with Gasteiger partial charge in [0, 0.05) is 23.9 Å². The molecule has 24 heavy (non-hydrogen) atoms. The van der Waals surface area contributed by atoms with Crippen molar-refractivity contribution >= 4 is 17.8 Å². The van der Waals surface area contributed by atoms with E-state index >= 15 is 0 Å². The maximum atomic E-state index is 12.3. The minimum absolute atomic E-state index is 0.253. The minimum atomic E-state index is -0.363. The van der Waals surface area contributed by atoms with E-state index in [1.54, 1.807) is 26.1 Å². The zero-order chi connectivity index (χ0) is 17.6. The van der Waals surface area contributed by atoms with Crippen LogP contribution < -0.4 is 0 Å². The van der Waals surface area contributed by atoms with E-state index in [0.717, 1.165) is 37.1 Å². The summed E-state index contributed by atoms with van der Waals surface area (Å²) in [4.78, 5) is 30.2. The van der Waals surface area contributed by atoms with Crippen molar-refractivity contribution in [2.75, 3.05) is 26.7 Å². The third-order valence-electron chi connectivity index (χ3n) is 4.75. The predicted molar refractivity (Wildman–Crippen MR) is 93.5 cm³/mol. The molecule has 0 bridgehead atoms. The molecule has 0 radical (unpaired) electrons. The molecule has 0 spiro atoms. The summed E-state index contributed by atoms with van der Waals surface area (Å²) in [5.41, 5.74) is 1.57. The molecule has 0 saturated carbocycles. The van der Waals surface area contributed by atoms with Gasteiger partial charge in [-0.15, -0.1) is 0 Å². The Kier molecular flexibility index (Phi) is 6.26. The van der Waals surface area contributed by atoms with Gasteiger partial charge in [0.25, 0.3) is 0 Å². The number of carbonyl (C=O) groups excluding carboxylic acids is 2. The number of nitrogens with zero attached hydrogens (tertiary/aromatic N) is 2. The van der Waals surface area contributed by atoms with Crippen molar-refractivity contribution in [2.45, 2.75) is 33.1 Å². The average Bonchev–Trinajstić information content (AvgIpc) is 2.56. The van der Waals surface area contributed by atoms with Crippen LogP contribution in [-0.2, 0) is 20.7 Å². The Morgan fingerprint density at radius 2 is 2.04 bits per heavy atom. The number of ether oxygens (including phenoxy) is 1. The summed E-state index contributed by atoms with van der Waals surface area (Å²) < 4.78 is 4.88. The molecule has 1 aromatic rings. The number of hydrogen-bond acceptors (Lipinski definition) is 5. The van der Waals surface area contributed by atoms with Crippen molar-refractivity contribution in [2.24, 2.45) is 5.41 Å². The van der Waals surface area contributed by atoms with Crippen LogP contribution in [0.15, 0.2) is 24.5 Å². The van der Waals surface area contributed by atoms with Crippen molar-refractivity contribution in [3.05, 3.63) is 35.7 Å². The first-order chi connectivity index (χ1) is 11.4. The van der Waals surface area contributed by atoms with E-state index in [-0.39, 0.29) is 17.2 Å². The van der Waals surface area contributed by atoms with E-state index in [1.165, 1.54) is 6.08 Å². The molecule has 2 rings (SSSR count). The van der Waals surface area contributed by atoms with Gasteiger partial charge in [0.05, 0.1) is 6.61 Å². The van der Waals surface area contributed by atoms with Gasteiger partial charge < -0.3 is 9.64 Å². The van der Waals surface area contributed by atoms with Gasteiger partial charge in [0.2, 0.25) is 0 Å². The van der Waals surface area contributed by atoms with Crippen molar-refractivity contribution in [1.82, 2.24) is 9.88 Å². The number of ketones is 1. The molecule has 0 amide bonds. The summed E-state index contributed by atoms with van der Waals surface area (Å²) in [7, 11) is 2.09. The van der Waals surface area contributed by atoms with Gasteiger partial charge in [-0.05, 0) is 76.5 Å². The molecule has 0 atom stereocenters. The largest absolute Gasteiger partial charge is 0.463 e. The third-order valence-corrected chi connectivity index (χ3v) is 4.75. The van der Waals surface area contributed by atoms with Crippen molar-refractivity contribution < 1.29 is 14.3 Å². The summed E-state index contributed by atoms with van der Waals surface area (Å²) >= 11 is 0. The molecule has 5 heteroatoms. The Bertz CT molecular complexity index is 617. The average molecular weight is 330 g/mol. The van der Waals surface area contributed by atoms with E-state index < -0.39 is 0 Å². The molecular formula is C19H26N2O3. The van der Waals surface area contributed by atoms with Gasteiger partial charge in [-0.2, -0.15) is 0 Å². The molecule has 0 aliphatic carbocycles. The van der Waals surface area contributed by atoms with Gasteiger partial charge in [-0.3, -0.25) is 9.78 Å². The number of pyridine rings is 1. The van der Waals surface area contributed by atoms with E-state index in [4.69, 9.17) is 4.74 Å². The number of esters is 1. The minimum Gasteiger partial charge on any atom is -0.463 e. The van der Waals surface area contributed by atoms with Crippen molar-refractivity contribution in [3.63, 3.8) is 0 Å². The van der Waals surface area contributed by atoms with E-state index in [2.05, 4.69) is 16.9 Å². The first-order valence-corrected chi connectivity index (χ1v) is 8.43. The fourth-order valence-corrected chi connectivity index (χ4v) is 3.14. The second-order valence-corrected chi connectivity index (χ2v) is 6.53. The summed E-state index contributed by atoms with van der Waals surface area (Å²) in [5, 5.41) is 0. The number of Topliss-reactive ketones (excluding diaryl/α,β-unsaturated/α-hetero) is 1. The zero-order valence-corrected chi connectivity index (χ0v) is 14.7. The molecule has 1 fully saturated rings. The Morgan fingerprint density at radius 1 is 1.33 bits per heavy atom. The van der Waals surface area contributed by atoms with Crippen LogP contribution in [-0.4, -0.2) is 48.4 Å². The lowest BCUT2D eigenvalue weighted by Gasteiger charge is -2.39. The van der Waals surface area contributed by atoms with Crippen LogP contribution in [0.5, 0.6) is 0 Å². The molecule has 2 heterocycles. The summed E-state index contributed by atoms with van der Waals surface area (Å²) in [6.45, 7) is 5.71. The molecular weight excluding hydrogens is 304 g/mol. The molecule has 0 unspecified atom stereocenters. The SMILES string of the molecule is CCOC(=O)/C=C/c1cncc(CC2(C(C)=O)CCN(C)CC2)c1. The maximum absolute atomic E-state index is 12.3. The van der Waals surface area contributed by atoms with Crippen LogP contribution in [0.3, 0.4) is 0 Å². The Balaban J connectivity index is 2.13. The quantitative estimate of drug-likeness (QED) is 0.592. The molecule has 0 aromatic carbocycles. The summed E-state index contributed by atoms with van der Waals surface area (Å²) in [5.74, 6) is -0.110. The van der Waals surface area contributed by atoms with Crippen LogP contribution in [0.2, 0.25) is 0 Å². The van der Waals surface area contributed by atoms with Gasteiger partial charge in [0.1, 0.15) is 5.78 Å². The molecule has 1 aliphatic rings. The lowest BCUT2D eigenvalue weighted by atomic mass is 9.71. The number of hydrogen-bond donors (Lipinski definition) is 0. The fraction of sp³-hybridized carbons (Fsp3) is 0.526. The number of rotatable bonds is 6. The van der Waals surface area contributed by atoms with Crippen LogP contribution in [0.25, 0.3) is 6.08 Å². The molecule has 0 N–H and O–H groups in total. The van der Waals surface area contributed by atoms with Crippen molar-refractivity contribution in [3.8, 4) is 0 Å². The lowest BCUT2D eigenvalue weighted by molar-refractivity contribution is -0.137. The van der Waals surface area contributed by atoms with Crippen molar-refractivity contribution in [1.29, 1.82) is 0 Å². The zero-order valence-electron chi connectivity index (χ0n) is 14.7. The fourth-order valence-electron chi connectivity index (χ4n) is 3.14.